The molecule has 0 amide bonds. The van der Waals surface area contributed by atoms with Gasteiger partial charge in [0.1, 0.15) is 23.0 Å². The molecule has 1 aromatic carbocycles. The molecule has 0 N–H and O–H groups in total. The van der Waals surface area contributed by atoms with Crippen LogP contribution in [-0.2, 0) is 19.2 Å². The van der Waals surface area contributed by atoms with Crippen molar-refractivity contribution in [2.75, 3.05) is 6.61 Å². The van der Waals surface area contributed by atoms with Crippen molar-refractivity contribution in [1.29, 1.82) is 0 Å². The van der Waals surface area contributed by atoms with E-state index in [9.17, 15) is 19.2 Å². The van der Waals surface area contributed by atoms with E-state index in [0.717, 1.165) is 5.57 Å². The van der Waals surface area contributed by atoms with E-state index in [1.54, 1.807) is 31.2 Å². The highest BCUT2D eigenvalue weighted by molar-refractivity contribution is 5.64. The van der Waals surface area contributed by atoms with E-state index >= 15 is 0 Å². The molecule has 1 aliphatic rings. The van der Waals surface area contributed by atoms with Gasteiger partial charge in [-0.25, -0.2) is 19.2 Å². The van der Waals surface area contributed by atoms with E-state index in [1.165, 1.54) is 30.4 Å². The van der Waals surface area contributed by atoms with Crippen LogP contribution in [0.5, 0.6) is 5.75 Å². The van der Waals surface area contributed by atoms with Gasteiger partial charge in [0.15, 0.2) is 0 Å². The minimum atomic E-state index is -0.808. The second-order valence-electron chi connectivity index (χ2n) is 5.83. The van der Waals surface area contributed by atoms with Crippen molar-refractivity contribution in [1.82, 2.24) is 0 Å². The maximum absolute atomic E-state index is 10.2. The third-order valence-corrected chi connectivity index (χ3v) is 3.72. The van der Waals surface area contributed by atoms with Gasteiger partial charge < -0.3 is 4.74 Å². The Hall–Kier alpha value is -3.98. The molecule has 0 fully saturated rings. The quantitative estimate of drug-likeness (QED) is 0.540. The minimum absolute atomic E-state index is 0.295. The van der Waals surface area contributed by atoms with E-state index in [1.807, 2.05) is 19.9 Å². The van der Waals surface area contributed by atoms with Gasteiger partial charge in [0, 0.05) is 0 Å². The van der Waals surface area contributed by atoms with E-state index in [2.05, 4.69) is 20.0 Å². The Morgan fingerprint density at radius 1 is 1.07 bits per heavy atom. The van der Waals surface area contributed by atoms with Crippen LogP contribution in [0.2, 0.25) is 0 Å². The Balaban J connectivity index is 0.000000291. The number of isocyanates is 4. The summed E-state index contributed by atoms with van der Waals surface area (Å²) in [6.07, 6.45) is 11.1. The summed E-state index contributed by atoms with van der Waals surface area (Å²) in [5, 5.41) is 0. The highest BCUT2D eigenvalue weighted by Crippen LogP contribution is 2.31. The summed E-state index contributed by atoms with van der Waals surface area (Å²) in [6, 6.07) is 4.13. The number of hydrogen-bond acceptors (Lipinski definition) is 9. The Morgan fingerprint density at radius 3 is 2.38 bits per heavy atom. The molecule has 9 nitrogen and oxygen atoms in total. The van der Waals surface area contributed by atoms with Gasteiger partial charge in [0.05, 0.1) is 12.3 Å². The molecule has 0 aromatic heterocycles. The van der Waals surface area contributed by atoms with Crippen LogP contribution >= 0.6 is 0 Å². The number of rotatable bonds is 6. The monoisotopic (exact) mass is 394 g/mol. The summed E-state index contributed by atoms with van der Waals surface area (Å²) in [6.45, 7) is 5.87. The normalized spacial score (nSPS) is 18.9. The maximum atomic E-state index is 10.2. The van der Waals surface area contributed by atoms with Gasteiger partial charge in [-0.15, -0.1) is 0 Å². The molecule has 0 bridgehead atoms. The standard InChI is InChI=1S/C10H8N2O3.C10H10N2O2/c1-2-15-10-4-3-8(11-6-13)5-9(10)12-7-14;1-8-3-4-9(11-6-13)10(2,5-8)12-7-14/h3-5H,2H2,1H3;3-5,9H,1-2H3. The lowest BCUT2D eigenvalue weighted by atomic mass is 9.87. The SMILES string of the molecule is CC1=CC(C)(N=C=O)C(N=C=O)C=C1.CCOc1ccc(N=C=O)cc1N=C=O. The molecule has 0 saturated heterocycles. The maximum Gasteiger partial charge on any atom is 0.240 e. The van der Waals surface area contributed by atoms with E-state index < -0.39 is 11.6 Å². The smallest absolute Gasteiger partial charge is 0.240 e. The van der Waals surface area contributed by atoms with Crippen LogP contribution in [0, 0.1) is 0 Å². The first-order valence-electron chi connectivity index (χ1n) is 8.40. The van der Waals surface area contributed by atoms with Crippen molar-refractivity contribution >= 4 is 35.7 Å². The second-order valence-corrected chi connectivity index (χ2v) is 5.83. The Morgan fingerprint density at radius 2 is 1.79 bits per heavy atom. The zero-order chi connectivity index (χ0) is 21.7. The summed E-state index contributed by atoms with van der Waals surface area (Å²) in [4.78, 5) is 54.7. The predicted molar refractivity (Wildman–Crippen MR) is 105 cm³/mol. The molecule has 0 spiro atoms. The van der Waals surface area contributed by atoms with Crippen molar-refractivity contribution < 1.29 is 23.9 Å². The fourth-order valence-electron chi connectivity index (χ4n) is 2.50. The molecule has 2 rings (SSSR count). The number of carbonyl (C=O) groups excluding carboxylic acids is 4. The lowest BCUT2D eigenvalue weighted by molar-refractivity contribution is 0.341. The van der Waals surface area contributed by atoms with Crippen LogP contribution in [0.25, 0.3) is 0 Å². The topological polar surface area (TPSA) is 127 Å². The van der Waals surface area contributed by atoms with Crippen molar-refractivity contribution in [3.63, 3.8) is 0 Å². The number of nitrogens with zero attached hydrogens (tertiary/aromatic N) is 4. The van der Waals surface area contributed by atoms with Gasteiger partial charge in [-0.2, -0.15) is 20.0 Å². The molecular weight excluding hydrogens is 376 g/mol. The predicted octanol–water partition coefficient (Wildman–Crippen LogP) is 3.32. The molecule has 0 aliphatic heterocycles. The van der Waals surface area contributed by atoms with Gasteiger partial charge >= 0.3 is 0 Å². The van der Waals surface area contributed by atoms with Crippen molar-refractivity contribution in [2.45, 2.75) is 32.4 Å². The van der Waals surface area contributed by atoms with Gasteiger partial charge in [0.25, 0.3) is 0 Å². The average Bonchev–Trinajstić information content (AvgIpc) is 2.67. The van der Waals surface area contributed by atoms with Crippen LogP contribution in [0.15, 0.2) is 62.0 Å². The van der Waals surface area contributed by atoms with Gasteiger partial charge in [-0.1, -0.05) is 23.8 Å². The number of ether oxygens (including phenoxy) is 1. The van der Waals surface area contributed by atoms with Crippen LogP contribution in [-0.4, -0.2) is 42.5 Å². The molecule has 148 valence electrons. The third-order valence-electron chi connectivity index (χ3n) is 3.72. The highest BCUT2D eigenvalue weighted by atomic mass is 16.5. The third kappa shape index (κ3) is 6.92. The van der Waals surface area contributed by atoms with Crippen molar-refractivity contribution in [3.8, 4) is 5.75 Å². The zero-order valence-corrected chi connectivity index (χ0v) is 16.1. The lowest BCUT2D eigenvalue weighted by Gasteiger charge is -2.26. The molecule has 29 heavy (non-hydrogen) atoms. The van der Waals surface area contributed by atoms with E-state index in [0.29, 0.717) is 23.7 Å². The van der Waals surface area contributed by atoms with E-state index in [4.69, 9.17) is 4.74 Å². The number of benzene rings is 1. The molecule has 0 saturated carbocycles. The summed E-state index contributed by atoms with van der Waals surface area (Å²) in [5.74, 6) is 0.450. The largest absolute Gasteiger partial charge is 0.492 e. The molecular formula is C20H18N4O5. The molecule has 2 unspecified atom stereocenters. The molecule has 0 heterocycles. The fourth-order valence-corrected chi connectivity index (χ4v) is 2.50. The van der Waals surface area contributed by atoms with Crippen LogP contribution < -0.4 is 4.74 Å². The number of allylic oxidation sites excluding steroid dienone is 2. The summed E-state index contributed by atoms with van der Waals surface area (Å²) < 4.78 is 5.21. The lowest BCUT2D eigenvalue weighted by Crippen LogP contribution is -2.34. The Bertz CT molecular complexity index is 990. The Kier molecular flexibility index (Phi) is 9.28. The first-order valence-corrected chi connectivity index (χ1v) is 8.40. The molecule has 1 aliphatic carbocycles. The summed E-state index contributed by atoms with van der Waals surface area (Å²) >= 11 is 0. The van der Waals surface area contributed by atoms with Gasteiger partial charge in [-0.05, 0) is 39.0 Å². The number of aliphatic imine (C=N–C) groups is 4. The first-order chi connectivity index (χ1) is 13.9. The summed E-state index contributed by atoms with van der Waals surface area (Å²) in [5.41, 5.74) is 0.826. The number of hydrogen-bond donors (Lipinski definition) is 0. The highest BCUT2D eigenvalue weighted by Gasteiger charge is 2.32. The van der Waals surface area contributed by atoms with Gasteiger partial charge in [0.2, 0.25) is 24.3 Å². The van der Waals surface area contributed by atoms with Crippen molar-refractivity contribution in [2.24, 2.45) is 20.0 Å². The zero-order valence-electron chi connectivity index (χ0n) is 16.1. The second kappa shape index (κ2) is 11.7. The van der Waals surface area contributed by atoms with Crippen molar-refractivity contribution in [3.05, 3.63) is 42.0 Å². The molecule has 1 aromatic rings. The minimum Gasteiger partial charge on any atom is -0.492 e. The fraction of sp³-hybridized carbons (Fsp3) is 0.300. The molecule has 2 atom stereocenters. The van der Waals surface area contributed by atoms with Crippen LogP contribution in [0.4, 0.5) is 11.4 Å². The van der Waals surface area contributed by atoms with E-state index in [-0.39, 0.29) is 0 Å². The van der Waals surface area contributed by atoms with Crippen LogP contribution in [0.3, 0.4) is 0 Å². The van der Waals surface area contributed by atoms with Gasteiger partial charge in [-0.3, -0.25) is 0 Å². The first kappa shape index (κ1) is 23.1. The average molecular weight is 394 g/mol. The molecule has 9 heteroatoms. The van der Waals surface area contributed by atoms with Crippen LogP contribution in [0.1, 0.15) is 20.8 Å². The molecule has 0 radical (unpaired) electrons. The summed E-state index contributed by atoms with van der Waals surface area (Å²) in [7, 11) is 0. The Labute approximate surface area is 167 Å².